The molecule has 0 unspecified atom stereocenters. The van der Waals surface area contributed by atoms with Crippen molar-refractivity contribution < 1.29 is 9.59 Å². The normalized spacial score (nSPS) is 10.5. The van der Waals surface area contributed by atoms with E-state index in [2.05, 4.69) is 42.5 Å². The van der Waals surface area contributed by atoms with Gasteiger partial charge in [-0.15, -0.1) is 0 Å². The van der Waals surface area contributed by atoms with Gasteiger partial charge in [-0.1, -0.05) is 13.2 Å². The maximum atomic E-state index is 11.4. The molecular weight excluding hydrogens is 254 g/mol. The first-order valence-electron chi connectivity index (χ1n) is 6.87. The van der Waals surface area contributed by atoms with Crippen molar-refractivity contribution in [3.8, 4) is 0 Å². The Labute approximate surface area is 122 Å². The van der Waals surface area contributed by atoms with Gasteiger partial charge in [0.15, 0.2) is 0 Å². The molecule has 0 aromatic carbocycles. The van der Waals surface area contributed by atoms with E-state index in [4.69, 9.17) is 0 Å². The molecule has 2 N–H and O–H groups in total. The van der Waals surface area contributed by atoms with E-state index in [1.165, 1.54) is 0 Å². The van der Waals surface area contributed by atoms with Gasteiger partial charge in [0.05, 0.1) is 0 Å². The van der Waals surface area contributed by atoms with Gasteiger partial charge in [0.25, 0.3) is 0 Å². The number of carbonyl (C=O) groups is 2. The molecule has 0 rings (SSSR count). The van der Waals surface area contributed by atoms with Gasteiger partial charge < -0.3 is 10.6 Å². The van der Waals surface area contributed by atoms with Crippen molar-refractivity contribution in [2.75, 3.05) is 26.2 Å². The number of amides is 2. The van der Waals surface area contributed by atoms with Gasteiger partial charge in [0, 0.05) is 43.4 Å². The fraction of sp³-hybridized carbons (Fsp3) is 0.600. The van der Waals surface area contributed by atoms with Crippen LogP contribution >= 0.6 is 0 Å². The monoisotopic (exact) mass is 281 g/mol. The number of hydrogen-bond acceptors (Lipinski definition) is 3. The lowest BCUT2D eigenvalue weighted by Gasteiger charge is -2.26. The van der Waals surface area contributed by atoms with Crippen LogP contribution in [0.4, 0.5) is 0 Å². The third-order valence-corrected chi connectivity index (χ3v) is 2.87. The summed E-state index contributed by atoms with van der Waals surface area (Å²) in [6.07, 6.45) is 0. The van der Waals surface area contributed by atoms with E-state index in [-0.39, 0.29) is 11.8 Å². The Morgan fingerprint density at radius 3 is 1.55 bits per heavy atom. The Bertz CT molecular complexity index is 343. The van der Waals surface area contributed by atoms with Gasteiger partial charge in [-0.05, 0) is 27.7 Å². The largest absolute Gasteiger partial charge is 0.351 e. The van der Waals surface area contributed by atoms with Crippen LogP contribution in [0.25, 0.3) is 0 Å². The molecule has 0 aromatic heterocycles. The molecule has 20 heavy (non-hydrogen) atoms. The van der Waals surface area contributed by atoms with Crippen LogP contribution in [0, 0.1) is 0 Å². The highest BCUT2D eigenvalue weighted by molar-refractivity contribution is 5.92. The summed E-state index contributed by atoms with van der Waals surface area (Å²) < 4.78 is 0. The average Bonchev–Trinajstić information content (AvgIpc) is 2.35. The summed E-state index contributed by atoms with van der Waals surface area (Å²) in [5.41, 5.74) is 1.02. The van der Waals surface area contributed by atoms with Crippen LogP contribution < -0.4 is 10.6 Å². The molecule has 0 heterocycles. The zero-order valence-electron chi connectivity index (χ0n) is 13.1. The molecule has 0 saturated heterocycles. The standard InChI is InChI=1S/C15H27N3O2/c1-11(2)14(19)16-7-9-18(13(5)6)10-8-17-15(20)12(3)4/h13H,1,3,7-10H2,2,4-6H3,(H,16,19)(H,17,20). The number of nitrogens with one attached hydrogen (secondary N) is 2. The molecule has 5 heteroatoms. The SMILES string of the molecule is C=C(C)C(=O)NCCN(CCNC(=O)C(=C)C)C(C)C. The molecule has 0 aliphatic carbocycles. The molecular formula is C15H27N3O2. The zero-order valence-corrected chi connectivity index (χ0v) is 13.1. The van der Waals surface area contributed by atoms with E-state index in [1.807, 2.05) is 0 Å². The number of rotatable bonds is 9. The topological polar surface area (TPSA) is 61.4 Å². The zero-order chi connectivity index (χ0) is 15.7. The van der Waals surface area contributed by atoms with Gasteiger partial charge in [-0.3, -0.25) is 14.5 Å². The van der Waals surface area contributed by atoms with E-state index in [9.17, 15) is 9.59 Å². The van der Waals surface area contributed by atoms with Gasteiger partial charge >= 0.3 is 0 Å². The predicted molar refractivity (Wildman–Crippen MR) is 82.4 cm³/mol. The quantitative estimate of drug-likeness (QED) is 0.622. The van der Waals surface area contributed by atoms with Crippen LogP contribution in [0.5, 0.6) is 0 Å². The molecule has 0 bridgehead atoms. The summed E-state index contributed by atoms with van der Waals surface area (Å²) in [6, 6.07) is 0.346. The second-order valence-corrected chi connectivity index (χ2v) is 5.20. The summed E-state index contributed by atoms with van der Waals surface area (Å²) >= 11 is 0. The highest BCUT2D eigenvalue weighted by atomic mass is 16.2. The maximum absolute atomic E-state index is 11.4. The van der Waals surface area contributed by atoms with E-state index in [1.54, 1.807) is 13.8 Å². The molecule has 114 valence electrons. The maximum Gasteiger partial charge on any atom is 0.246 e. The van der Waals surface area contributed by atoms with Gasteiger partial charge in [0.2, 0.25) is 11.8 Å². The Hall–Kier alpha value is -1.62. The Balaban J connectivity index is 4.05. The number of hydrogen-bond donors (Lipinski definition) is 2. The summed E-state index contributed by atoms with van der Waals surface area (Å²) in [4.78, 5) is 24.9. The predicted octanol–water partition coefficient (Wildman–Crippen LogP) is 1.08. The lowest BCUT2D eigenvalue weighted by Crippen LogP contribution is -2.42. The van der Waals surface area contributed by atoms with Crippen LogP contribution in [0.3, 0.4) is 0 Å². The average molecular weight is 281 g/mol. The van der Waals surface area contributed by atoms with Crippen LogP contribution in [0.1, 0.15) is 27.7 Å². The molecule has 0 aromatic rings. The van der Waals surface area contributed by atoms with Gasteiger partial charge in [-0.25, -0.2) is 0 Å². The summed E-state index contributed by atoms with van der Waals surface area (Å²) in [5, 5.41) is 5.61. The molecule has 5 nitrogen and oxygen atoms in total. The van der Waals surface area contributed by atoms with Crippen molar-refractivity contribution in [2.45, 2.75) is 33.7 Å². The number of nitrogens with zero attached hydrogens (tertiary/aromatic N) is 1. The van der Waals surface area contributed by atoms with E-state index < -0.39 is 0 Å². The molecule has 0 aliphatic heterocycles. The van der Waals surface area contributed by atoms with Crippen LogP contribution in [-0.2, 0) is 9.59 Å². The molecule has 0 atom stereocenters. The lowest BCUT2D eigenvalue weighted by atomic mass is 10.3. The Morgan fingerprint density at radius 2 is 1.30 bits per heavy atom. The molecule has 2 amide bonds. The fourth-order valence-electron chi connectivity index (χ4n) is 1.56. The number of carbonyl (C=O) groups excluding carboxylic acids is 2. The molecule has 0 fully saturated rings. The Kier molecular flexibility index (Phi) is 8.56. The van der Waals surface area contributed by atoms with Crippen LogP contribution in [-0.4, -0.2) is 48.9 Å². The van der Waals surface area contributed by atoms with E-state index in [0.717, 1.165) is 13.1 Å². The first-order valence-corrected chi connectivity index (χ1v) is 6.87. The van der Waals surface area contributed by atoms with Crippen LogP contribution in [0.2, 0.25) is 0 Å². The fourth-order valence-corrected chi connectivity index (χ4v) is 1.56. The van der Waals surface area contributed by atoms with Gasteiger partial charge in [0.1, 0.15) is 0 Å². The van der Waals surface area contributed by atoms with Crippen molar-refractivity contribution >= 4 is 11.8 Å². The van der Waals surface area contributed by atoms with Crippen molar-refractivity contribution in [2.24, 2.45) is 0 Å². The summed E-state index contributed by atoms with van der Waals surface area (Å²) in [6.45, 7) is 17.3. The highest BCUT2D eigenvalue weighted by Crippen LogP contribution is 1.96. The second-order valence-electron chi connectivity index (χ2n) is 5.20. The third-order valence-electron chi connectivity index (χ3n) is 2.87. The molecule has 0 saturated carbocycles. The first kappa shape index (κ1) is 18.4. The summed E-state index contributed by atoms with van der Waals surface area (Å²) in [5.74, 6) is -0.242. The van der Waals surface area contributed by atoms with E-state index in [0.29, 0.717) is 30.3 Å². The minimum Gasteiger partial charge on any atom is -0.351 e. The van der Waals surface area contributed by atoms with Crippen molar-refractivity contribution in [3.05, 3.63) is 24.3 Å². The van der Waals surface area contributed by atoms with Crippen molar-refractivity contribution in [3.63, 3.8) is 0 Å². The minimum absolute atomic E-state index is 0.121. The highest BCUT2D eigenvalue weighted by Gasteiger charge is 2.10. The molecule has 0 aliphatic rings. The second kappa shape index (κ2) is 9.31. The lowest BCUT2D eigenvalue weighted by molar-refractivity contribution is -0.118. The Morgan fingerprint density at radius 1 is 0.950 bits per heavy atom. The third kappa shape index (κ3) is 7.74. The molecule has 0 spiro atoms. The first-order chi connectivity index (χ1) is 9.25. The van der Waals surface area contributed by atoms with Crippen LogP contribution in [0.15, 0.2) is 24.3 Å². The van der Waals surface area contributed by atoms with Gasteiger partial charge in [-0.2, -0.15) is 0 Å². The van der Waals surface area contributed by atoms with E-state index >= 15 is 0 Å². The van der Waals surface area contributed by atoms with Crippen molar-refractivity contribution in [1.82, 2.24) is 15.5 Å². The smallest absolute Gasteiger partial charge is 0.246 e. The van der Waals surface area contributed by atoms with Crippen molar-refractivity contribution in [1.29, 1.82) is 0 Å². The minimum atomic E-state index is -0.121. The summed E-state index contributed by atoms with van der Waals surface area (Å²) in [7, 11) is 0. The molecule has 0 radical (unpaired) electrons.